The predicted octanol–water partition coefficient (Wildman–Crippen LogP) is 8.92. The third kappa shape index (κ3) is 3.66. The number of carboxylic acid groups (broad SMARTS) is 1. The Balaban J connectivity index is 1.32. The molecule has 5 aliphatic rings. The number of hydrogen-bond acceptors (Lipinski definition) is 2. The summed E-state index contributed by atoms with van der Waals surface area (Å²) in [5.74, 6) is 4.17. The number of aromatic carboxylic acids is 1. The lowest BCUT2D eigenvalue weighted by molar-refractivity contribution is -0.233. The molecule has 10 atom stereocenters. The zero-order valence-corrected chi connectivity index (χ0v) is 25.9. The first kappa shape index (κ1) is 27.8. The predicted molar refractivity (Wildman–Crippen MR) is 160 cm³/mol. The molecule has 3 nitrogen and oxygen atoms in total. The van der Waals surface area contributed by atoms with E-state index < -0.39 is 5.97 Å². The lowest BCUT2D eigenvalue weighted by Gasteiger charge is -2.73. The summed E-state index contributed by atoms with van der Waals surface area (Å²) in [6, 6.07) is 7.84. The van der Waals surface area contributed by atoms with Crippen LogP contribution in [0.5, 0.6) is 0 Å². The summed E-state index contributed by atoms with van der Waals surface area (Å²) >= 11 is 0. The molecule has 0 aliphatic heterocycles. The molecular weight excluding hydrogens is 478 g/mol. The fraction of sp³-hybridized carbons (Fsp3) is 0.806. The number of rotatable bonds is 3. The molecule has 0 amide bonds. The van der Waals surface area contributed by atoms with E-state index in [1.807, 2.05) is 12.1 Å². The van der Waals surface area contributed by atoms with E-state index in [0.717, 1.165) is 23.7 Å². The summed E-state index contributed by atoms with van der Waals surface area (Å²) in [6.45, 7) is 18.1. The molecule has 1 aromatic carbocycles. The average Bonchev–Trinajstić information content (AvgIpc) is 3.22. The van der Waals surface area contributed by atoms with Gasteiger partial charge in [0.25, 0.3) is 0 Å². The first-order chi connectivity index (χ1) is 18.2. The van der Waals surface area contributed by atoms with Crippen LogP contribution in [-0.2, 0) is 0 Å². The molecular formula is C36H55NO2. The lowest BCUT2D eigenvalue weighted by Crippen LogP contribution is -2.68. The Morgan fingerprint density at radius 2 is 1.51 bits per heavy atom. The van der Waals surface area contributed by atoms with Crippen molar-refractivity contribution in [2.75, 3.05) is 0 Å². The van der Waals surface area contributed by atoms with Crippen molar-refractivity contribution in [1.82, 2.24) is 0 Å². The van der Waals surface area contributed by atoms with Crippen molar-refractivity contribution in [3.63, 3.8) is 0 Å². The third-order valence-electron chi connectivity index (χ3n) is 15.0. The lowest BCUT2D eigenvalue weighted by atomic mass is 9.32. The van der Waals surface area contributed by atoms with E-state index in [0.29, 0.717) is 39.6 Å². The fourth-order valence-corrected chi connectivity index (χ4v) is 12.9. The Morgan fingerprint density at radius 1 is 0.821 bits per heavy atom. The summed E-state index contributed by atoms with van der Waals surface area (Å²) in [5.41, 5.74) is 10.5. The van der Waals surface area contributed by atoms with Crippen LogP contribution in [0.2, 0.25) is 0 Å². The van der Waals surface area contributed by atoms with E-state index in [-0.39, 0.29) is 11.0 Å². The molecule has 0 spiro atoms. The summed E-state index contributed by atoms with van der Waals surface area (Å²) in [7, 11) is 0. The fourth-order valence-electron chi connectivity index (χ4n) is 12.9. The molecule has 3 heteroatoms. The Kier molecular flexibility index (Phi) is 6.29. The topological polar surface area (TPSA) is 63.3 Å². The van der Waals surface area contributed by atoms with Gasteiger partial charge in [-0.05, 0) is 145 Å². The van der Waals surface area contributed by atoms with E-state index in [4.69, 9.17) is 5.73 Å². The van der Waals surface area contributed by atoms with Crippen molar-refractivity contribution in [2.24, 2.45) is 62.9 Å². The van der Waals surface area contributed by atoms with E-state index in [1.54, 1.807) is 0 Å². The van der Waals surface area contributed by atoms with Crippen molar-refractivity contribution < 1.29 is 9.90 Å². The zero-order valence-electron chi connectivity index (χ0n) is 25.9. The van der Waals surface area contributed by atoms with Gasteiger partial charge in [-0.2, -0.15) is 0 Å². The number of carbonyl (C=O) groups is 1. The molecule has 3 N–H and O–H groups in total. The summed E-state index contributed by atoms with van der Waals surface area (Å²) in [6.07, 6.45) is 13.1. The highest BCUT2D eigenvalue weighted by atomic mass is 16.4. The SMILES string of the molecule is CC(C)[C@@H]1CC[C@]2(N)CC[C@]3(C)[C@H](CCC4[C@@]5(C)CC[C@H](c6ccc(C(=O)O)cc6)C(C)(C)C5CC[C@]43C)C12. The summed E-state index contributed by atoms with van der Waals surface area (Å²) < 4.78 is 0. The van der Waals surface area contributed by atoms with Crippen molar-refractivity contribution >= 4 is 5.97 Å². The Morgan fingerprint density at radius 3 is 2.15 bits per heavy atom. The Bertz CT molecular complexity index is 1120. The molecule has 5 fully saturated rings. The molecule has 3 unspecified atom stereocenters. The maximum atomic E-state index is 11.5. The number of benzene rings is 1. The van der Waals surface area contributed by atoms with Crippen LogP contribution in [0.25, 0.3) is 0 Å². The minimum Gasteiger partial charge on any atom is -0.478 e. The molecule has 0 bridgehead atoms. The van der Waals surface area contributed by atoms with Gasteiger partial charge in [0.1, 0.15) is 0 Å². The van der Waals surface area contributed by atoms with Gasteiger partial charge in [0.15, 0.2) is 0 Å². The quantitative estimate of drug-likeness (QED) is 0.408. The van der Waals surface area contributed by atoms with Crippen LogP contribution >= 0.6 is 0 Å². The maximum absolute atomic E-state index is 11.5. The number of carboxylic acids is 1. The monoisotopic (exact) mass is 533 g/mol. The minimum atomic E-state index is -0.834. The first-order valence-corrected chi connectivity index (χ1v) is 16.3. The molecule has 39 heavy (non-hydrogen) atoms. The van der Waals surface area contributed by atoms with Crippen LogP contribution in [0.15, 0.2) is 24.3 Å². The molecule has 1 aromatic rings. The second kappa shape index (κ2) is 8.83. The normalized spacial score (nSPS) is 48.5. The molecule has 0 saturated heterocycles. The van der Waals surface area contributed by atoms with Gasteiger partial charge in [0.05, 0.1) is 5.56 Å². The molecule has 0 heterocycles. The van der Waals surface area contributed by atoms with Gasteiger partial charge >= 0.3 is 5.97 Å². The largest absolute Gasteiger partial charge is 0.478 e. The van der Waals surface area contributed by atoms with Gasteiger partial charge in [0, 0.05) is 5.54 Å². The van der Waals surface area contributed by atoms with Crippen LogP contribution in [0.3, 0.4) is 0 Å². The molecule has 216 valence electrons. The van der Waals surface area contributed by atoms with Crippen molar-refractivity contribution in [3.05, 3.63) is 35.4 Å². The highest BCUT2D eigenvalue weighted by Crippen LogP contribution is 2.77. The molecule has 5 aliphatic carbocycles. The second-order valence-electron chi connectivity index (χ2n) is 16.7. The van der Waals surface area contributed by atoms with E-state index in [1.165, 1.54) is 69.8 Å². The van der Waals surface area contributed by atoms with E-state index in [9.17, 15) is 9.90 Å². The Hall–Kier alpha value is -1.35. The van der Waals surface area contributed by atoms with Gasteiger partial charge < -0.3 is 10.8 Å². The van der Waals surface area contributed by atoms with Crippen LogP contribution in [0.1, 0.15) is 135 Å². The van der Waals surface area contributed by atoms with Gasteiger partial charge in [-0.25, -0.2) is 4.79 Å². The van der Waals surface area contributed by atoms with Crippen molar-refractivity contribution in [1.29, 1.82) is 0 Å². The van der Waals surface area contributed by atoms with Crippen LogP contribution in [-0.4, -0.2) is 16.6 Å². The smallest absolute Gasteiger partial charge is 0.335 e. The van der Waals surface area contributed by atoms with Gasteiger partial charge in [0.2, 0.25) is 0 Å². The Labute approximate surface area is 238 Å². The van der Waals surface area contributed by atoms with Crippen LogP contribution in [0.4, 0.5) is 0 Å². The maximum Gasteiger partial charge on any atom is 0.335 e. The van der Waals surface area contributed by atoms with Gasteiger partial charge in [-0.1, -0.05) is 60.6 Å². The molecule has 0 aromatic heterocycles. The highest BCUT2D eigenvalue weighted by Gasteiger charge is 2.70. The summed E-state index contributed by atoms with van der Waals surface area (Å²) in [5, 5.41) is 9.41. The third-order valence-corrected chi connectivity index (χ3v) is 15.0. The molecule has 0 radical (unpaired) electrons. The molecule has 6 rings (SSSR count). The second-order valence-corrected chi connectivity index (χ2v) is 16.7. The van der Waals surface area contributed by atoms with Crippen LogP contribution < -0.4 is 5.73 Å². The first-order valence-electron chi connectivity index (χ1n) is 16.3. The van der Waals surface area contributed by atoms with Crippen molar-refractivity contribution in [3.8, 4) is 0 Å². The average molecular weight is 534 g/mol. The zero-order chi connectivity index (χ0) is 28.2. The highest BCUT2D eigenvalue weighted by molar-refractivity contribution is 5.87. The van der Waals surface area contributed by atoms with Gasteiger partial charge in [-0.15, -0.1) is 0 Å². The van der Waals surface area contributed by atoms with E-state index in [2.05, 4.69) is 60.6 Å². The number of fused-ring (bicyclic) bond motifs is 7. The summed E-state index contributed by atoms with van der Waals surface area (Å²) in [4.78, 5) is 11.5. The number of hydrogen-bond donors (Lipinski definition) is 2. The van der Waals surface area contributed by atoms with Gasteiger partial charge in [-0.3, -0.25) is 0 Å². The van der Waals surface area contributed by atoms with Crippen molar-refractivity contribution in [2.45, 2.75) is 124 Å². The standard InChI is InChI=1S/C36H55NO2/c1-22(2)25-14-19-36(37)21-20-34(6)27(30(25)36)12-13-29-33(5)17-15-26(23-8-10-24(11-9-23)31(38)39)32(3,4)28(33)16-18-35(29,34)7/h8-11,22,25-30H,12-21,37H2,1-7H3,(H,38,39)/t25-,26+,27+,28?,29?,30?,33-,34+,35+,36-/m0/s1. The minimum absolute atomic E-state index is 0.0830. The van der Waals surface area contributed by atoms with E-state index >= 15 is 0 Å². The number of nitrogens with two attached hydrogens (primary N) is 1. The molecule has 5 saturated carbocycles. The van der Waals surface area contributed by atoms with Crippen LogP contribution in [0, 0.1) is 57.2 Å².